The summed E-state index contributed by atoms with van der Waals surface area (Å²) in [7, 11) is 0. The van der Waals surface area contributed by atoms with Crippen LogP contribution in [0.15, 0.2) is 42.9 Å². The van der Waals surface area contributed by atoms with Crippen LogP contribution in [-0.2, 0) is 0 Å². The maximum atomic E-state index is 13.3. The molecule has 7 heteroatoms. The van der Waals surface area contributed by atoms with Gasteiger partial charge in [-0.15, -0.1) is 0 Å². The van der Waals surface area contributed by atoms with Gasteiger partial charge in [-0.2, -0.15) is 0 Å². The number of carbonyl (C=O) groups is 1. The molecule has 2 aromatic rings. The van der Waals surface area contributed by atoms with Gasteiger partial charge in [0, 0.05) is 38.1 Å². The lowest BCUT2D eigenvalue weighted by Crippen LogP contribution is -2.59. The summed E-state index contributed by atoms with van der Waals surface area (Å²) in [6.07, 6.45) is 8.57. The van der Waals surface area contributed by atoms with Gasteiger partial charge >= 0.3 is 6.03 Å². The van der Waals surface area contributed by atoms with Crippen LogP contribution in [0.25, 0.3) is 0 Å². The van der Waals surface area contributed by atoms with E-state index in [0.29, 0.717) is 19.1 Å². The quantitative estimate of drug-likeness (QED) is 0.835. The van der Waals surface area contributed by atoms with E-state index in [2.05, 4.69) is 46.1 Å². The molecular formula is C22H30N6O. The molecule has 1 aromatic heterocycles. The summed E-state index contributed by atoms with van der Waals surface area (Å²) in [5.41, 5.74) is 5.20. The van der Waals surface area contributed by atoms with E-state index in [9.17, 15) is 4.79 Å². The molecular weight excluding hydrogens is 364 g/mol. The van der Waals surface area contributed by atoms with Crippen LogP contribution in [-0.4, -0.2) is 46.7 Å². The predicted molar refractivity (Wildman–Crippen MR) is 115 cm³/mol. The first kappa shape index (κ1) is 19.6. The summed E-state index contributed by atoms with van der Waals surface area (Å²) in [4.78, 5) is 25.9. The van der Waals surface area contributed by atoms with Crippen LogP contribution < -0.4 is 15.2 Å². The SMILES string of the molecule is CC(C)(C)C1CCCCN1NC(=O)N1CCN(c2cnccn2)c2ccccc21. The fourth-order valence-electron chi connectivity index (χ4n) is 4.39. The first-order valence-corrected chi connectivity index (χ1v) is 10.4. The molecule has 0 bridgehead atoms. The number of nitrogens with one attached hydrogen (secondary N) is 1. The normalized spacial score (nSPS) is 20.3. The molecule has 1 fully saturated rings. The van der Waals surface area contributed by atoms with Gasteiger partial charge in [0.2, 0.25) is 0 Å². The number of anilines is 3. The topological polar surface area (TPSA) is 64.6 Å². The number of carbonyl (C=O) groups excluding carboxylic acids is 1. The minimum absolute atomic E-state index is 0.0626. The van der Waals surface area contributed by atoms with E-state index in [0.717, 1.165) is 36.6 Å². The van der Waals surface area contributed by atoms with E-state index < -0.39 is 0 Å². The molecule has 0 spiro atoms. The first-order chi connectivity index (χ1) is 13.9. The number of nitrogens with zero attached hydrogens (tertiary/aromatic N) is 5. The van der Waals surface area contributed by atoms with Crippen LogP contribution in [0, 0.1) is 5.41 Å². The van der Waals surface area contributed by atoms with Gasteiger partial charge in [0.1, 0.15) is 0 Å². The average molecular weight is 395 g/mol. The molecule has 2 aliphatic heterocycles. The highest BCUT2D eigenvalue weighted by molar-refractivity contribution is 5.97. The predicted octanol–water partition coefficient (Wildman–Crippen LogP) is 3.96. The Kier molecular flexibility index (Phi) is 5.41. The van der Waals surface area contributed by atoms with Crippen LogP contribution in [0.2, 0.25) is 0 Å². The molecule has 2 aliphatic rings. The Balaban J connectivity index is 1.56. The van der Waals surface area contributed by atoms with Gasteiger partial charge in [-0.1, -0.05) is 39.3 Å². The summed E-state index contributed by atoms with van der Waals surface area (Å²) in [6.45, 7) is 8.90. The lowest BCUT2D eigenvalue weighted by Gasteiger charge is -2.44. The first-order valence-electron chi connectivity index (χ1n) is 10.4. The Morgan fingerprint density at radius 3 is 2.59 bits per heavy atom. The second kappa shape index (κ2) is 7.99. The van der Waals surface area contributed by atoms with Gasteiger partial charge in [0.15, 0.2) is 5.82 Å². The highest BCUT2D eigenvalue weighted by Crippen LogP contribution is 2.37. The molecule has 1 saturated heterocycles. The highest BCUT2D eigenvalue weighted by Gasteiger charge is 2.35. The third-order valence-electron chi connectivity index (χ3n) is 5.82. The number of benzene rings is 1. The van der Waals surface area contributed by atoms with Gasteiger partial charge in [-0.3, -0.25) is 15.3 Å². The molecule has 154 valence electrons. The molecule has 2 amide bonds. The molecule has 1 unspecified atom stereocenters. The molecule has 0 radical (unpaired) electrons. The second-order valence-electron chi connectivity index (χ2n) is 8.84. The molecule has 1 aromatic carbocycles. The fourth-order valence-corrected chi connectivity index (χ4v) is 4.39. The fraction of sp³-hybridized carbons (Fsp3) is 0.500. The van der Waals surface area contributed by atoms with E-state index >= 15 is 0 Å². The summed E-state index contributed by atoms with van der Waals surface area (Å²) < 4.78 is 0. The van der Waals surface area contributed by atoms with Crippen molar-refractivity contribution in [2.24, 2.45) is 5.41 Å². The Morgan fingerprint density at radius 1 is 1.07 bits per heavy atom. The molecule has 29 heavy (non-hydrogen) atoms. The number of rotatable bonds is 2. The van der Waals surface area contributed by atoms with Crippen molar-refractivity contribution in [2.45, 2.75) is 46.1 Å². The number of para-hydroxylation sites is 2. The Hall–Kier alpha value is -2.67. The zero-order valence-corrected chi connectivity index (χ0v) is 17.5. The number of amides is 2. The largest absolute Gasteiger partial charge is 0.336 e. The maximum absolute atomic E-state index is 13.3. The van der Waals surface area contributed by atoms with Crippen molar-refractivity contribution >= 4 is 23.2 Å². The minimum Gasteiger partial charge on any atom is -0.321 e. The average Bonchev–Trinajstić information content (AvgIpc) is 2.73. The third kappa shape index (κ3) is 4.05. The summed E-state index contributed by atoms with van der Waals surface area (Å²) in [6, 6.07) is 8.27. The molecule has 4 rings (SSSR count). The van der Waals surface area contributed by atoms with Crippen LogP contribution in [0.4, 0.5) is 22.0 Å². The van der Waals surface area contributed by atoms with Crippen molar-refractivity contribution in [1.82, 2.24) is 20.4 Å². The van der Waals surface area contributed by atoms with Crippen LogP contribution in [0.5, 0.6) is 0 Å². The lowest BCUT2D eigenvalue weighted by atomic mass is 9.81. The van der Waals surface area contributed by atoms with Gasteiger partial charge in [-0.05, 0) is 30.4 Å². The zero-order valence-electron chi connectivity index (χ0n) is 17.5. The standard InChI is InChI=1S/C22H30N6O/c1-22(2,3)19-10-6-7-13-28(19)25-21(29)27-15-14-26(20-16-23-11-12-24-20)17-8-4-5-9-18(17)27/h4-5,8-9,11-12,16,19H,6-7,10,13-15H2,1-3H3,(H,25,29). The van der Waals surface area contributed by atoms with Crippen LogP contribution in [0.1, 0.15) is 40.0 Å². The van der Waals surface area contributed by atoms with Crippen molar-refractivity contribution in [1.29, 1.82) is 0 Å². The number of hydrogen-bond acceptors (Lipinski definition) is 5. The van der Waals surface area contributed by atoms with Gasteiger partial charge in [0.25, 0.3) is 0 Å². The van der Waals surface area contributed by atoms with Crippen molar-refractivity contribution in [3.8, 4) is 0 Å². The molecule has 0 aliphatic carbocycles. The smallest absolute Gasteiger partial charge is 0.321 e. The van der Waals surface area contributed by atoms with E-state index in [1.165, 1.54) is 6.42 Å². The molecule has 0 saturated carbocycles. The van der Waals surface area contributed by atoms with Crippen molar-refractivity contribution in [2.75, 3.05) is 29.4 Å². The lowest BCUT2D eigenvalue weighted by molar-refractivity contribution is 0.0325. The van der Waals surface area contributed by atoms with Gasteiger partial charge < -0.3 is 4.90 Å². The number of urea groups is 1. The number of hydrazine groups is 1. The third-order valence-corrected chi connectivity index (χ3v) is 5.82. The number of aromatic nitrogens is 2. The molecule has 7 nitrogen and oxygen atoms in total. The van der Waals surface area contributed by atoms with Crippen molar-refractivity contribution in [3.05, 3.63) is 42.9 Å². The maximum Gasteiger partial charge on any atom is 0.336 e. The Morgan fingerprint density at radius 2 is 1.86 bits per heavy atom. The van der Waals surface area contributed by atoms with Gasteiger partial charge in [0.05, 0.1) is 17.6 Å². The summed E-state index contributed by atoms with van der Waals surface area (Å²) in [5.74, 6) is 0.795. The second-order valence-corrected chi connectivity index (χ2v) is 8.84. The monoisotopic (exact) mass is 394 g/mol. The molecule has 1 N–H and O–H groups in total. The van der Waals surface area contributed by atoms with E-state index in [1.54, 1.807) is 18.6 Å². The van der Waals surface area contributed by atoms with Crippen molar-refractivity contribution in [3.63, 3.8) is 0 Å². The summed E-state index contributed by atoms with van der Waals surface area (Å²) in [5, 5.41) is 2.16. The highest BCUT2D eigenvalue weighted by atomic mass is 16.2. The zero-order chi connectivity index (χ0) is 20.4. The van der Waals surface area contributed by atoms with Gasteiger partial charge in [-0.25, -0.2) is 14.8 Å². The van der Waals surface area contributed by atoms with Crippen LogP contribution >= 0.6 is 0 Å². The minimum atomic E-state index is -0.0626. The van der Waals surface area contributed by atoms with Crippen molar-refractivity contribution < 1.29 is 4.79 Å². The van der Waals surface area contributed by atoms with E-state index in [-0.39, 0.29) is 11.4 Å². The molecule has 1 atom stereocenters. The van der Waals surface area contributed by atoms with E-state index in [1.807, 2.05) is 29.2 Å². The Bertz CT molecular complexity index is 850. The molecule has 3 heterocycles. The summed E-state index contributed by atoms with van der Waals surface area (Å²) >= 11 is 0. The van der Waals surface area contributed by atoms with E-state index in [4.69, 9.17) is 0 Å². The number of hydrogen-bond donors (Lipinski definition) is 1. The van der Waals surface area contributed by atoms with Crippen LogP contribution in [0.3, 0.4) is 0 Å². The number of piperidine rings is 1. The Labute approximate surface area is 172 Å². The number of fused-ring (bicyclic) bond motifs is 1.